The summed E-state index contributed by atoms with van der Waals surface area (Å²) < 4.78 is 5.10. The van der Waals surface area contributed by atoms with E-state index in [-0.39, 0.29) is 0 Å². The Morgan fingerprint density at radius 1 is 0.938 bits per heavy atom. The normalized spacial score (nSPS) is 10.3. The van der Waals surface area contributed by atoms with Crippen molar-refractivity contribution in [3.63, 3.8) is 0 Å². The van der Waals surface area contributed by atoms with E-state index in [9.17, 15) is 0 Å². The van der Waals surface area contributed by atoms with E-state index in [1.54, 1.807) is 18.9 Å². The van der Waals surface area contributed by atoms with E-state index in [1.165, 1.54) is 16.0 Å². The molecule has 0 bridgehead atoms. The van der Waals surface area contributed by atoms with Crippen molar-refractivity contribution in [1.82, 2.24) is 0 Å². The lowest BCUT2D eigenvalue weighted by atomic mass is 10.1. The van der Waals surface area contributed by atoms with Gasteiger partial charge in [-0.05, 0) is 17.2 Å². The van der Waals surface area contributed by atoms with Gasteiger partial charge >= 0.3 is 0 Å². The van der Waals surface area contributed by atoms with Crippen LogP contribution in [0.3, 0.4) is 0 Å². The molecule has 1 nitrogen and oxygen atoms in total. The topological polar surface area (TPSA) is 9.23 Å². The summed E-state index contributed by atoms with van der Waals surface area (Å²) in [7, 11) is 1.72. The summed E-state index contributed by atoms with van der Waals surface area (Å²) in [6, 6.07) is 18.8. The third-order valence-electron chi connectivity index (χ3n) is 2.30. The second-order valence-corrected chi connectivity index (χ2v) is 4.38. The van der Waals surface area contributed by atoms with Gasteiger partial charge < -0.3 is 4.74 Å². The molecule has 0 aromatic heterocycles. The zero-order valence-electron chi connectivity index (χ0n) is 9.22. The maximum Gasteiger partial charge on any atom is 0.0963 e. The first-order chi connectivity index (χ1) is 7.92. The molecule has 2 aromatic carbocycles. The van der Waals surface area contributed by atoms with Crippen molar-refractivity contribution in [2.24, 2.45) is 0 Å². The van der Waals surface area contributed by atoms with E-state index in [0.717, 1.165) is 0 Å². The molecule has 2 heteroatoms. The van der Waals surface area contributed by atoms with Crippen LogP contribution in [0.2, 0.25) is 0 Å². The summed E-state index contributed by atoms with van der Waals surface area (Å²) >= 11 is 1.72. The Balaban J connectivity index is 2.33. The number of hydrogen-bond donors (Lipinski definition) is 0. The number of thioether (sulfide) groups is 1. The molecule has 0 saturated heterocycles. The molecule has 0 radical (unpaired) electrons. The highest BCUT2D eigenvalue weighted by molar-refractivity contribution is 7.99. The molecule has 0 amide bonds. The summed E-state index contributed by atoms with van der Waals surface area (Å²) in [6.07, 6.45) is 0. The fourth-order valence-electron chi connectivity index (χ4n) is 1.57. The molecule has 82 valence electrons. The molecule has 0 heterocycles. The predicted molar refractivity (Wildman–Crippen MR) is 69.6 cm³/mol. The van der Waals surface area contributed by atoms with Crippen molar-refractivity contribution in [1.29, 1.82) is 0 Å². The quantitative estimate of drug-likeness (QED) is 0.579. The van der Waals surface area contributed by atoms with Crippen LogP contribution in [0, 0.1) is 0 Å². The van der Waals surface area contributed by atoms with Gasteiger partial charge in [-0.1, -0.05) is 60.3 Å². The summed E-state index contributed by atoms with van der Waals surface area (Å²) in [4.78, 5) is 1.26. The number of hydrogen-bond acceptors (Lipinski definition) is 2. The van der Waals surface area contributed by atoms with Crippen molar-refractivity contribution in [2.45, 2.75) is 4.90 Å². The molecule has 2 aromatic rings. The van der Waals surface area contributed by atoms with Gasteiger partial charge in [-0.3, -0.25) is 0 Å². The molecule has 0 fully saturated rings. The van der Waals surface area contributed by atoms with Crippen LogP contribution in [0.25, 0.3) is 11.1 Å². The third-order valence-corrected chi connectivity index (χ3v) is 3.32. The summed E-state index contributed by atoms with van der Waals surface area (Å²) in [5.41, 5.74) is 2.52. The molecule has 2 rings (SSSR count). The minimum Gasteiger partial charge on any atom is -0.374 e. The average Bonchev–Trinajstić information content (AvgIpc) is 2.38. The summed E-state index contributed by atoms with van der Waals surface area (Å²) in [5.74, 6) is 0.684. The lowest BCUT2D eigenvalue weighted by Gasteiger charge is -2.08. The Labute approximate surface area is 100 Å². The number of ether oxygens (including phenoxy) is 1. The standard InChI is InChI=1S/C14H14OS/c1-15-11-16-14-10-6-5-9-13(14)12-7-3-2-4-8-12/h2-10H,11H2,1H3. The predicted octanol–water partition coefficient (Wildman–Crippen LogP) is 4.05. The van der Waals surface area contributed by atoms with Crippen LogP contribution in [-0.4, -0.2) is 13.0 Å². The van der Waals surface area contributed by atoms with Gasteiger partial charge in [0, 0.05) is 12.0 Å². The van der Waals surface area contributed by atoms with Crippen LogP contribution in [0.4, 0.5) is 0 Å². The smallest absolute Gasteiger partial charge is 0.0963 e. The number of rotatable bonds is 4. The SMILES string of the molecule is COCSc1ccccc1-c1ccccc1. The molecule has 16 heavy (non-hydrogen) atoms. The van der Waals surface area contributed by atoms with Crippen LogP contribution in [0.5, 0.6) is 0 Å². The van der Waals surface area contributed by atoms with Gasteiger partial charge in [0.2, 0.25) is 0 Å². The van der Waals surface area contributed by atoms with E-state index >= 15 is 0 Å². The van der Waals surface area contributed by atoms with Crippen molar-refractivity contribution >= 4 is 11.8 Å². The average molecular weight is 230 g/mol. The summed E-state index contributed by atoms with van der Waals surface area (Å²) in [5, 5.41) is 0. The van der Waals surface area contributed by atoms with Gasteiger partial charge in [-0.2, -0.15) is 0 Å². The van der Waals surface area contributed by atoms with Crippen LogP contribution in [0.15, 0.2) is 59.5 Å². The highest BCUT2D eigenvalue weighted by atomic mass is 32.2. The molecule has 0 aliphatic rings. The Bertz CT molecular complexity index is 439. The molecule has 0 unspecified atom stereocenters. The highest BCUT2D eigenvalue weighted by Gasteiger charge is 2.03. The first-order valence-corrected chi connectivity index (χ1v) is 6.16. The van der Waals surface area contributed by atoms with Crippen molar-refractivity contribution in [3.05, 3.63) is 54.6 Å². The largest absolute Gasteiger partial charge is 0.374 e. The van der Waals surface area contributed by atoms with E-state index in [4.69, 9.17) is 4.74 Å². The van der Waals surface area contributed by atoms with Crippen molar-refractivity contribution in [3.8, 4) is 11.1 Å². The molecule has 0 aliphatic carbocycles. The molecule has 0 saturated carbocycles. The molecule has 0 aliphatic heterocycles. The number of benzene rings is 2. The van der Waals surface area contributed by atoms with Crippen LogP contribution >= 0.6 is 11.8 Å². The second kappa shape index (κ2) is 5.73. The third kappa shape index (κ3) is 2.65. The van der Waals surface area contributed by atoms with Crippen molar-refractivity contribution in [2.75, 3.05) is 13.0 Å². The minimum absolute atomic E-state index is 0.684. The first kappa shape index (κ1) is 11.2. The second-order valence-electron chi connectivity index (χ2n) is 3.41. The van der Waals surface area contributed by atoms with Crippen LogP contribution in [0.1, 0.15) is 0 Å². The zero-order valence-corrected chi connectivity index (χ0v) is 10.0. The summed E-state index contributed by atoms with van der Waals surface area (Å²) in [6.45, 7) is 0. The molecule has 0 atom stereocenters. The molecule has 0 N–H and O–H groups in total. The fourth-order valence-corrected chi connectivity index (χ4v) is 2.33. The molecular weight excluding hydrogens is 216 g/mol. The maximum atomic E-state index is 5.10. The van der Waals surface area contributed by atoms with Gasteiger partial charge in [0.05, 0.1) is 5.94 Å². The van der Waals surface area contributed by atoms with Gasteiger partial charge in [-0.15, -0.1) is 0 Å². The lowest BCUT2D eigenvalue weighted by Crippen LogP contribution is -1.85. The lowest BCUT2D eigenvalue weighted by molar-refractivity contribution is 0.259. The van der Waals surface area contributed by atoms with Gasteiger partial charge in [-0.25, -0.2) is 0 Å². The fraction of sp³-hybridized carbons (Fsp3) is 0.143. The Kier molecular flexibility index (Phi) is 4.03. The van der Waals surface area contributed by atoms with Crippen LogP contribution in [-0.2, 0) is 4.74 Å². The van der Waals surface area contributed by atoms with E-state index in [0.29, 0.717) is 5.94 Å². The van der Waals surface area contributed by atoms with E-state index < -0.39 is 0 Å². The minimum atomic E-state index is 0.684. The van der Waals surface area contributed by atoms with Crippen LogP contribution < -0.4 is 0 Å². The maximum absolute atomic E-state index is 5.10. The Morgan fingerprint density at radius 2 is 1.62 bits per heavy atom. The number of methoxy groups -OCH3 is 1. The molecular formula is C14H14OS. The Morgan fingerprint density at radius 3 is 2.38 bits per heavy atom. The van der Waals surface area contributed by atoms with E-state index in [1.807, 2.05) is 6.07 Å². The monoisotopic (exact) mass is 230 g/mol. The van der Waals surface area contributed by atoms with Crippen molar-refractivity contribution < 1.29 is 4.74 Å². The van der Waals surface area contributed by atoms with Gasteiger partial charge in [0.1, 0.15) is 0 Å². The molecule has 0 spiro atoms. The van der Waals surface area contributed by atoms with Gasteiger partial charge in [0.25, 0.3) is 0 Å². The Hall–Kier alpha value is -1.25. The first-order valence-electron chi connectivity index (χ1n) is 5.18. The highest BCUT2D eigenvalue weighted by Crippen LogP contribution is 2.30. The zero-order chi connectivity index (χ0) is 11.2. The van der Waals surface area contributed by atoms with E-state index in [2.05, 4.69) is 48.5 Å². The van der Waals surface area contributed by atoms with Gasteiger partial charge in [0.15, 0.2) is 0 Å².